The van der Waals surface area contributed by atoms with Crippen molar-refractivity contribution < 1.29 is 13.2 Å². The van der Waals surface area contributed by atoms with E-state index in [2.05, 4.69) is 15.3 Å². The van der Waals surface area contributed by atoms with Crippen molar-refractivity contribution in [3.63, 3.8) is 0 Å². The molecule has 0 unspecified atom stereocenters. The number of nitrogens with one attached hydrogen (secondary N) is 1. The Balaban J connectivity index is 2.84. The first-order valence-corrected chi connectivity index (χ1v) is 5.34. The fraction of sp³-hybridized carbons (Fsp3) is 0.600. The molecule has 1 rings (SSSR count). The van der Waals surface area contributed by atoms with Crippen molar-refractivity contribution in [2.24, 2.45) is 0 Å². The summed E-state index contributed by atoms with van der Waals surface area (Å²) in [6, 6.07) is 0. The molecule has 0 saturated heterocycles. The van der Waals surface area contributed by atoms with Crippen molar-refractivity contribution >= 4 is 11.6 Å². The maximum atomic E-state index is 12.3. The summed E-state index contributed by atoms with van der Waals surface area (Å²) >= 11 is 0. The number of alkyl halides is 3. The quantitative estimate of drug-likeness (QED) is 0.868. The zero-order valence-electron chi connectivity index (χ0n) is 9.75. The van der Waals surface area contributed by atoms with Crippen LogP contribution in [0.1, 0.15) is 13.8 Å². The van der Waals surface area contributed by atoms with Gasteiger partial charge in [0.2, 0.25) is 0 Å². The third-order valence-corrected chi connectivity index (χ3v) is 2.06. The second kappa shape index (κ2) is 5.70. The minimum Gasteiger partial charge on any atom is -0.369 e. The van der Waals surface area contributed by atoms with Gasteiger partial charge in [-0.25, -0.2) is 4.98 Å². The van der Waals surface area contributed by atoms with Crippen LogP contribution in [0.2, 0.25) is 0 Å². The molecule has 0 radical (unpaired) electrons. The van der Waals surface area contributed by atoms with Gasteiger partial charge in [0.15, 0.2) is 0 Å². The summed E-state index contributed by atoms with van der Waals surface area (Å²) in [5.41, 5.74) is 0. The van der Waals surface area contributed by atoms with Crippen LogP contribution < -0.4 is 10.2 Å². The van der Waals surface area contributed by atoms with Gasteiger partial charge < -0.3 is 10.2 Å². The normalized spacial score (nSPS) is 11.4. The van der Waals surface area contributed by atoms with Gasteiger partial charge in [-0.15, -0.1) is 0 Å². The van der Waals surface area contributed by atoms with E-state index in [0.717, 1.165) is 4.90 Å². The molecule has 0 aliphatic heterocycles. The van der Waals surface area contributed by atoms with E-state index in [-0.39, 0.29) is 12.4 Å². The minimum atomic E-state index is -4.24. The van der Waals surface area contributed by atoms with Crippen molar-refractivity contribution in [2.75, 3.05) is 29.9 Å². The molecule has 17 heavy (non-hydrogen) atoms. The average molecular weight is 248 g/mol. The van der Waals surface area contributed by atoms with Gasteiger partial charge in [-0.05, 0) is 13.8 Å². The maximum absolute atomic E-state index is 12.3. The molecule has 0 aliphatic rings. The smallest absolute Gasteiger partial charge is 0.369 e. The molecule has 0 amide bonds. The molecule has 0 aromatic carbocycles. The third kappa shape index (κ3) is 4.46. The summed E-state index contributed by atoms with van der Waals surface area (Å²) in [5.74, 6) is 0.703. The highest BCUT2D eigenvalue weighted by atomic mass is 19.4. The molecule has 0 fully saturated rings. The zero-order chi connectivity index (χ0) is 12.9. The SMILES string of the molecule is CCNc1cncc(N(CC)CC(F)(F)F)n1. The van der Waals surface area contributed by atoms with Crippen LogP contribution in [0, 0.1) is 0 Å². The first-order chi connectivity index (χ1) is 7.96. The third-order valence-electron chi connectivity index (χ3n) is 2.06. The van der Waals surface area contributed by atoms with Gasteiger partial charge in [0.1, 0.15) is 18.2 Å². The average Bonchev–Trinajstić information content (AvgIpc) is 2.25. The van der Waals surface area contributed by atoms with E-state index in [0.29, 0.717) is 12.4 Å². The fourth-order valence-electron chi connectivity index (χ4n) is 1.35. The van der Waals surface area contributed by atoms with Crippen LogP contribution >= 0.6 is 0 Å². The molecule has 1 aromatic rings. The Hall–Kier alpha value is -1.53. The zero-order valence-corrected chi connectivity index (χ0v) is 9.75. The lowest BCUT2D eigenvalue weighted by Gasteiger charge is -2.23. The Morgan fingerprint density at radius 1 is 1.29 bits per heavy atom. The topological polar surface area (TPSA) is 41.1 Å². The lowest BCUT2D eigenvalue weighted by atomic mass is 10.4. The van der Waals surface area contributed by atoms with Crippen LogP contribution in [0.4, 0.5) is 24.8 Å². The van der Waals surface area contributed by atoms with Gasteiger partial charge in [0, 0.05) is 13.1 Å². The number of aromatic nitrogens is 2. The molecule has 0 saturated carbocycles. The fourth-order valence-corrected chi connectivity index (χ4v) is 1.35. The monoisotopic (exact) mass is 248 g/mol. The number of rotatable bonds is 5. The van der Waals surface area contributed by atoms with E-state index in [1.807, 2.05) is 6.92 Å². The van der Waals surface area contributed by atoms with Gasteiger partial charge in [0.25, 0.3) is 0 Å². The van der Waals surface area contributed by atoms with Crippen LogP contribution in [0.3, 0.4) is 0 Å². The number of hydrogen-bond acceptors (Lipinski definition) is 4. The highest BCUT2D eigenvalue weighted by Gasteiger charge is 2.30. The van der Waals surface area contributed by atoms with E-state index >= 15 is 0 Å². The van der Waals surface area contributed by atoms with Crippen molar-refractivity contribution in [2.45, 2.75) is 20.0 Å². The first kappa shape index (κ1) is 13.5. The van der Waals surface area contributed by atoms with Crippen LogP contribution in [-0.4, -0.2) is 35.8 Å². The first-order valence-electron chi connectivity index (χ1n) is 5.34. The summed E-state index contributed by atoms with van der Waals surface area (Å²) in [5, 5.41) is 2.91. The van der Waals surface area contributed by atoms with E-state index in [4.69, 9.17) is 0 Å². The molecule has 0 atom stereocenters. The molecule has 1 heterocycles. The summed E-state index contributed by atoms with van der Waals surface area (Å²) < 4.78 is 37.0. The van der Waals surface area contributed by atoms with Crippen molar-refractivity contribution in [1.82, 2.24) is 9.97 Å². The lowest BCUT2D eigenvalue weighted by molar-refractivity contribution is -0.119. The summed E-state index contributed by atoms with van der Waals surface area (Å²) in [6.07, 6.45) is -1.43. The second-order valence-electron chi connectivity index (χ2n) is 3.42. The number of anilines is 2. The molecular formula is C10H15F3N4. The van der Waals surface area contributed by atoms with E-state index in [1.165, 1.54) is 12.4 Å². The number of nitrogens with zero attached hydrogens (tertiary/aromatic N) is 3. The number of hydrogen-bond donors (Lipinski definition) is 1. The van der Waals surface area contributed by atoms with Crippen molar-refractivity contribution in [3.05, 3.63) is 12.4 Å². The Morgan fingerprint density at radius 2 is 2.00 bits per heavy atom. The predicted molar refractivity (Wildman–Crippen MR) is 60.1 cm³/mol. The van der Waals surface area contributed by atoms with Gasteiger partial charge >= 0.3 is 6.18 Å². The lowest BCUT2D eigenvalue weighted by Crippen LogP contribution is -2.34. The Bertz CT molecular complexity index is 354. The molecule has 0 spiro atoms. The molecule has 0 aliphatic carbocycles. The van der Waals surface area contributed by atoms with Crippen molar-refractivity contribution in [1.29, 1.82) is 0 Å². The Labute approximate surface area is 97.9 Å². The Morgan fingerprint density at radius 3 is 2.53 bits per heavy atom. The highest BCUT2D eigenvalue weighted by Crippen LogP contribution is 2.20. The number of halogens is 3. The van der Waals surface area contributed by atoms with Gasteiger partial charge in [-0.2, -0.15) is 13.2 Å². The van der Waals surface area contributed by atoms with E-state index in [9.17, 15) is 13.2 Å². The van der Waals surface area contributed by atoms with Gasteiger partial charge in [-0.3, -0.25) is 4.98 Å². The molecule has 7 heteroatoms. The molecule has 4 nitrogen and oxygen atoms in total. The summed E-state index contributed by atoms with van der Waals surface area (Å²) in [6.45, 7) is 3.37. The van der Waals surface area contributed by atoms with Crippen molar-refractivity contribution in [3.8, 4) is 0 Å². The van der Waals surface area contributed by atoms with Crippen LogP contribution in [0.15, 0.2) is 12.4 Å². The summed E-state index contributed by atoms with van der Waals surface area (Å²) in [7, 11) is 0. The van der Waals surface area contributed by atoms with Crippen LogP contribution in [-0.2, 0) is 0 Å². The molecule has 96 valence electrons. The van der Waals surface area contributed by atoms with Gasteiger partial charge in [-0.1, -0.05) is 0 Å². The van der Waals surface area contributed by atoms with Gasteiger partial charge in [0.05, 0.1) is 12.4 Å². The molecular weight excluding hydrogens is 233 g/mol. The molecule has 1 aromatic heterocycles. The molecule has 1 N–H and O–H groups in total. The van der Waals surface area contributed by atoms with E-state index in [1.54, 1.807) is 6.92 Å². The van der Waals surface area contributed by atoms with Crippen LogP contribution in [0.25, 0.3) is 0 Å². The standard InChI is InChI=1S/C10H15F3N4/c1-3-15-8-5-14-6-9(16-8)17(4-2)7-10(11,12)13/h5-6H,3-4,7H2,1-2H3,(H,15,16). The highest BCUT2D eigenvalue weighted by molar-refractivity contribution is 5.43. The van der Waals surface area contributed by atoms with E-state index < -0.39 is 12.7 Å². The minimum absolute atomic E-state index is 0.225. The summed E-state index contributed by atoms with van der Waals surface area (Å²) in [4.78, 5) is 9.07. The Kier molecular flexibility index (Phi) is 4.53. The second-order valence-corrected chi connectivity index (χ2v) is 3.42. The van der Waals surface area contributed by atoms with Crippen LogP contribution in [0.5, 0.6) is 0 Å². The largest absolute Gasteiger partial charge is 0.405 e. The predicted octanol–water partition coefficient (Wildman–Crippen LogP) is 2.30. The molecule has 0 bridgehead atoms. The maximum Gasteiger partial charge on any atom is 0.405 e.